The minimum Gasteiger partial charge on any atom is -0.368 e. The molecule has 4 nitrogen and oxygen atoms in total. The van der Waals surface area contributed by atoms with Crippen LogP contribution in [0.3, 0.4) is 0 Å². The van der Waals surface area contributed by atoms with Crippen LogP contribution in [0.4, 0.5) is 5.69 Å². The molecule has 7 aromatic carbocycles. The number of anilines is 1. The molecule has 1 saturated heterocycles. The summed E-state index contributed by atoms with van der Waals surface area (Å²) in [5.41, 5.74) is 11.8. The number of rotatable bonds is 4. The van der Waals surface area contributed by atoms with Gasteiger partial charge in [0.2, 0.25) is 0 Å². The van der Waals surface area contributed by atoms with E-state index in [9.17, 15) is 0 Å². The van der Waals surface area contributed by atoms with Gasteiger partial charge in [0.25, 0.3) is 0 Å². The van der Waals surface area contributed by atoms with Crippen LogP contribution in [0.5, 0.6) is 0 Å². The summed E-state index contributed by atoms with van der Waals surface area (Å²) in [4.78, 5) is 1.31. The smallest absolute Gasteiger partial charge is 0.103 e. The molecule has 1 aliphatic carbocycles. The number of thioether (sulfide) groups is 1. The third-order valence-corrected chi connectivity index (χ3v) is 12.2. The highest BCUT2D eigenvalue weighted by molar-refractivity contribution is 8.00. The molecule has 0 aromatic heterocycles. The normalized spacial score (nSPS) is 21.8. The second-order valence-electron chi connectivity index (χ2n) is 14.3. The molecule has 0 bridgehead atoms. The highest BCUT2D eigenvalue weighted by Crippen LogP contribution is 2.53. The topological polar surface area (TPSA) is 48.1 Å². The van der Waals surface area contributed by atoms with Crippen LogP contribution in [0.1, 0.15) is 71.1 Å². The zero-order chi connectivity index (χ0) is 33.4. The second kappa shape index (κ2) is 11.6. The first-order valence-electron chi connectivity index (χ1n) is 17.6. The summed E-state index contributed by atoms with van der Waals surface area (Å²) in [5, 5.41) is 20.7. The molecule has 0 saturated carbocycles. The Bertz CT molecular complexity index is 2380. The minimum absolute atomic E-state index is 0.000317. The molecule has 0 amide bonds. The van der Waals surface area contributed by atoms with E-state index >= 15 is 0 Å². The predicted molar refractivity (Wildman–Crippen MR) is 208 cm³/mol. The van der Waals surface area contributed by atoms with Crippen LogP contribution >= 0.6 is 11.8 Å². The molecule has 0 spiro atoms. The SMILES string of the molecule is CC1(C)c2ccccc2-c2ccc(C3Nc4c(ccc5ccc6cc(C7NC(c8ccccc8)NC(c8ccccc8)N7)ccc6c45)S3)cc21. The van der Waals surface area contributed by atoms with Gasteiger partial charge in [-0.05, 0) is 72.8 Å². The average molecular weight is 667 g/mol. The van der Waals surface area contributed by atoms with E-state index in [0.717, 1.165) is 0 Å². The maximum Gasteiger partial charge on any atom is 0.103 e. The van der Waals surface area contributed by atoms with Crippen LogP contribution in [-0.2, 0) is 5.41 Å². The summed E-state index contributed by atoms with van der Waals surface area (Å²) in [6.07, 6.45) is -0.0396. The molecule has 0 radical (unpaired) electrons. The Labute approximate surface area is 297 Å². The summed E-state index contributed by atoms with van der Waals surface area (Å²) in [5.74, 6) is 0. The fourth-order valence-electron chi connectivity index (χ4n) is 8.41. The lowest BCUT2D eigenvalue weighted by molar-refractivity contribution is 0.203. The molecule has 2 heterocycles. The van der Waals surface area contributed by atoms with E-state index in [1.54, 1.807) is 0 Å². The van der Waals surface area contributed by atoms with E-state index in [2.05, 4.69) is 181 Å². The van der Waals surface area contributed by atoms with Gasteiger partial charge in [0.1, 0.15) is 5.37 Å². The van der Waals surface area contributed by atoms with Crippen LogP contribution in [0, 0.1) is 0 Å². The number of fused-ring (bicyclic) bond motifs is 8. The van der Waals surface area contributed by atoms with Crippen LogP contribution in [0.2, 0.25) is 0 Å². The van der Waals surface area contributed by atoms with Gasteiger partial charge in [-0.1, -0.05) is 159 Å². The van der Waals surface area contributed by atoms with E-state index in [1.165, 1.54) is 76.6 Å². The highest BCUT2D eigenvalue weighted by Gasteiger charge is 2.36. The molecule has 2 aliphatic heterocycles. The maximum atomic E-state index is 3.98. The molecule has 3 aliphatic rings. The van der Waals surface area contributed by atoms with Crippen molar-refractivity contribution < 1.29 is 0 Å². The first-order valence-corrected chi connectivity index (χ1v) is 18.4. The summed E-state index contributed by atoms with van der Waals surface area (Å²) in [6, 6.07) is 53.4. The summed E-state index contributed by atoms with van der Waals surface area (Å²) in [6.45, 7) is 4.72. The second-order valence-corrected chi connectivity index (χ2v) is 15.5. The summed E-state index contributed by atoms with van der Waals surface area (Å²) < 4.78 is 0. The van der Waals surface area contributed by atoms with Crippen molar-refractivity contribution in [3.05, 3.63) is 179 Å². The van der Waals surface area contributed by atoms with E-state index in [0.29, 0.717) is 0 Å². The molecule has 4 N–H and O–H groups in total. The van der Waals surface area contributed by atoms with Crippen LogP contribution < -0.4 is 21.3 Å². The Kier molecular flexibility index (Phi) is 6.94. The van der Waals surface area contributed by atoms with E-state index in [1.807, 2.05) is 11.8 Å². The van der Waals surface area contributed by atoms with Gasteiger partial charge in [0, 0.05) is 15.7 Å². The average Bonchev–Trinajstić information content (AvgIpc) is 3.71. The van der Waals surface area contributed by atoms with Crippen molar-refractivity contribution in [2.75, 3.05) is 5.32 Å². The third kappa shape index (κ3) is 4.80. The quantitative estimate of drug-likeness (QED) is 0.141. The zero-order valence-corrected chi connectivity index (χ0v) is 28.9. The third-order valence-electron chi connectivity index (χ3n) is 11.0. The van der Waals surface area contributed by atoms with Crippen molar-refractivity contribution in [2.24, 2.45) is 0 Å². The van der Waals surface area contributed by atoms with E-state index in [4.69, 9.17) is 0 Å². The lowest BCUT2D eigenvalue weighted by Gasteiger charge is -2.39. The lowest BCUT2D eigenvalue weighted by Crippen LogP contribution is -2.54. The van der Waals surface area contributed by atoms with Crippen molar-refractivity contribution in [2.45, 2.75) is 48.0 Å². The monoisotopic (exact) mass is 666 g/mol. The van der Waals surface area contributed by atoms with Gasteiger partial charge in [-0.25, -0.2) is 0 Å². The van der Waals surface area contributed by atoms with Crippen LogP contribution in [0.25, 0.3) is 32.7 Å². The maximum absolute atomic E-state index is 3.98. The molecule has 10 rings (SSSR count). The molecule has 244 valence electrons. The van der Waals surface area contributed by atoms with E-state index in [-0.39, 0.29) is 29.3 Å². The Morgan fingerprint density at radius 3 is 1.84 bits per heavy atom. The minimum atomic E-state index is -0.0403. The van der Waals surface area contributed by atoms with Crippen molar-refractivity contribution in [3.63, 3.8) is 0 Å². The van der Waals surface area contributed by atoms with Crippen molar-refractivity contribution >= 4 is 39.0 Å². The number of nitrogens with one attached hydrogen (secondary N) is 4. The Hall–Kier alpha value is -4.91. The number of benzene rings is 7. The molecular formula is C45H38N4S. The molecular weight excluding hydrogens is 629 g/mol. The number of hydrogen-bond acceptors (Lipinski definition) is 5. The van der Waals surface area contributed by atoms with Gasteiger partial charge in [0.05, 0.1) is 24.2 Å². The molecule has 3 unspecified atom stereocenters. The Balaban J connectivity index is 0.995. The Morgan fingerprint density at radius 2 is 1.10 bits per heavy atom. The van der Waals surface area contributed by atoms with Gasteiger partial charge in [-0.2, -0.15) is 0 Å². The molecule has 1 fully saturated rings. The molecule has 5 heteroatoms. The van der Waals surface area contributed by atoms with Gasteiger partial charge in [-0.15, -0.1) is 0 Å². The van der Waals surface area contributed by atoms with Crippen molar-refractivity contribution in [3.8, 4) is 11.1 Å². The Morgan fingerprint density at radius 1 is 0.500 bits per heavy atom. The zero-order valence-electron chi connectivity index (χ0n) is 28.1. The van der Waals surface area contributed by atoms with Gasteiger partial charge in [0.15, 0.2) is 0 Å². The predicted octanol–water partition coefficient (Wildman–Crippen LogP) is 10.7. The van der Waals surface area contributed by atoms with E-state index < -0.39 is 0 Å². The fraction of sp³-hybridized carbons (Fsp3) is 0.156. The first kappa shape index (κ1) is 30.0. The van der Waals surface area contributed by atoms with Crippen molar-refractivity contribution in [1.29, 1.82) is 0 Å². The lowest BCUT2D eigenvalue weighted by atomic mass is 9.82. The largest absolute Gasteiger partial charge is 0.368 e. The molecule has 3 atom stereocenters. The standard InChI is InChI=1S/C45H38N4S/c1-45(2)36-16-10-9-15-34(36)35-23-20-32(26-37(35)45)44-46-40-38(50-44)24-21-27-17-18-30-25-31(19-22-33(30)39(27)40)43-48-41(28-11-5-3-6-12-28)47-42(49-43)29-13-7-4-8-14-29/h3-26,41-44,46-49H,1-2H3. The van der Waals surface area contributed by atoms with Gasteiger partial charge in [-0.3, -0.25) is 16.0 Å². The first-order chi connectivity index (χ1) is 24.5. The van der Waals surface area contributed by atoms with Crippen LogP contribution in [-0.4, -0.2) is 0 Å². The van der Waals surface area contributed by atoms with Gasteiger partial charge < -0.3 is 5.32 Å². The fourth-order valence-corrected chi connectivity index (χ4v) is 9.55. The number of hydrogen-bond donors (Lipinski definition) is 4. The molecule has 50 heavy (non-hydrogen) atoms. The van der Waals surface area contributed by atoms with Crippen molar-refractivity contribution in [1.82, 2.24) is 16.0 Å². The van der Waals surface area contributed by atoms with Crippen LogP contribution in [0.15, 0.2) is 150 Å². The molecule has 7 aromatic rings. The summed E-state index contributed by atoms with van der Waals surface area (Å²) >= 11 is 1.93. The highest BCUT2D eigenvalue weighted by atomic mass is 32.2. The summed E-state index contributed by atoms with van der Waals surface area (Å²) in [7, 11) is 0. The van der Waals surface area contributed by atoms with Gasteiger partial charge >= 0.3 is 0 Å².